The number of benzene rings is 1. The fraction of sp³-hybridized carbons (Fsp3) is 0.381. The normalized spacial score (nSPS) is 12.5. The van der Waals surface area contributed by atoms with Crippen molar-refractivity contribution < 1.29 is 4.74 Å². The molecule has 136 valence electrons. The lowest BCUT2D eigenvalue weighted by molar-refractivity contribution is 0.137. The van der Waals surface area contributed by atoms with Crippen LogP contribution in [0.4, 0.5) is 0 Å². The number of rotatable bonds is 9. The molecule has 0 saturated heterocycles. The van der Waals surface area contributed by atoms with Crippen molar-refractivity contribution in [3.8, 4) is 0 Å². The summed E-state index contributed by atoms with van der Waals surface area (Å²) in [7, 11) is 0. The van der Waals surface area contributed by atoms with E-state index < -0.39 is 0 Å². The van der Waals surface area contributed by atoms with Crippen molar-refractivity contribution in [2.75, 3.05) is 13.3 Å². The maximum Gasteiger partial charge on any atom is 0.137 e. The molecule has 0 atom stereocenters. The molecule has 4 nitrogen and oxygen atoms in total. The molecule has 1 rings (SSSR count). The molecule has 4 heteroatoms. The fourth-order valence-corrected chi connectivity index (χ4v) is 2.40. The van der Waals surface area contributed by atoms with Crippen molar-refractivity contribution >= 4 is 5.84 Å². The van der Waals surface area contributed by atoms with Crippen LogP contribution >= 0.6 is 0 Å². The van der Waals surface area contributed by atoms with Crippen LogP contribution in [0.15, 0.2) is 59.5 Å². The van der Waals surface area contributed by atoms with Crippen LogP contribution in [-0.4, -0.2) is 19.2 Å². The summed E-state index contributed by atoms with van der Waals surface area (Å²) in [6.07, 6.45) is 6.73. The van der Waals surface area contributed by atoms with Crippen LogP contribution < -0.4 is 10.6 Å². The minimum absolute atomic E-state index is 0.448. The van der Waals surface area contributed by atoms with Gasteiger partial charge in [0.25, 0.3) is 0 Å². The molecule has 0 spiro atoms. The molecule has 0 aromatic heterocycles. The minimum Gasteiger partial charge on any atom is -0.363 e. The monoisotopic (exact) mass is 341 g/mol. The highest BCUT2D eigenvalue weighted by atomic mass is 16.5. The number of nitrogens with zero attached hydrogens (tertiary/aromatic N) is 1. The first-order valence-corrected chi connectivity index (χ1v) is 8.74. The lowest BCUT2D eigenvalue weighted by Gasteiger charge is -2.15. The molecule has 0 aliphatic heterocycles. The third-order valence-corrected chi connectivity index (χ3v) is 3.63. The van der Waals surface area contributed by atoms with Gasteiger partial charge in [0.05, 0.1) is 0 Å². The minimum atomic E-state index is 0.448. The van der Waals surface area contributed by atoms with Crippen LogP contribution in [0.5, 0.6) is 0 Å². The highest BCUT2D eigenvalue weighted by molar-refractivity contribution is 6.02. The van der Waals surface area contributed by atoms with E-state index in [9.17, 15) is 0 Å². The fourth-order valence-electron chi connectivity index (χ4n) is 2.40. The Hall–Kier alpha value is -2.33. The van der Waals surface area contributed by atoms with E-state index in [0.29, 0.717) is 13.3 Å². The standard InChI is InChI=1S/C21H31N3O/c1-7-10-19(6)24-21(20-16(3)11-9-12-17(20)4)22-14-13-18(5)23-15-25-8-2/h9-14,23H,5,7-8,15H2,1-4,6H3,(H,22,24)/b14-13+,19-10+. The summed E-state index contributed by atoms with van der Waals surface area (Å²) in [5, 5.41) is 6.50. The molecule has 0 amide bonds. The Morgan fingerprint density at radius 1 is 1.24 bits per heavy atom. The van der Waals surface area contributed by atoms with Crippen LogP contribution in [0, 0.1) is 13.8 Å². The van der Waals surface area contributed by atoms with Crippen molar-refractivity contribution in [1.82, 2.24) is 10.6 Å². The highest BCUT2D eigenvalue weighted by Gasteiger charge is 2.09. The molecule has 25 heavy (non-hydrogen) atoms. The largest absolute Gasteiger partial charge is 0.363 e. The van der Waals surface area contributed by atoms with Crippen LogP contribution in [-0.2, 0) is 4.74 Å². The number of ether oxygens (including phenoxy) is 1. The smallest absolute Gasteiger partial charge is 0.137 e. The Kier molecular flexibility index (Phi) is 9.33. The Labute approximate surface area is 152 Å². The maximum absolute atomic E-state index is 5.25. The topological polar surface area (TPSA) is 45.7 Å². The molecule has 0 aliphatic carbocycles. The summed E-state index contributed by atoms with van der Waals surface area (Å²) in [4.78, 5) is 4.65. The molecular weight excluding hydrogens is 310 g/mol. The Morgan fingerprint density at radius 2 is 1.92 bits per heavy atom. The summed E-state index contributed by atoms with van der Waals surface area (Å²) in [6, 6.07) is 6.27. The van der Waals surface area contributed by atoms with Crippen molar-refractivity contribution in [3.63, 3.8) is 0 Å². The Morgan fingerprint density at radius 3 is 2.52 bits per heavy atom. The van der Waals surface area contributed by atoms with Gasteiger partial charge in [0, 0.05) is 29.8 Å². The first kappa shape index (κ1) is 20.7. The van der Waals surface area contributed by atoms with E-state index in [1.165, 1.54) is 11.1 Å². The number of aryl methyl sites for hydroxylation is 2. The summed E-state index contributed by atoms with van der Waals surface area (Å²) in [6.45, 7) is 15.4. The van der Waals surface area contributed by atoms with E-state index in [4.69, 9.17) is 4.74 Å². The molecule has 0 aliphatic rings. The number of aliphatic imine (C=N–C) groups is 1. The van der Waals surface area contributed by atoms with Gasteiger partial charge in [-0.1, -0.05) is 37.8 Å². The van der Waals surface area contributed by atoms with E-state index in [2.05, 4.69) is 74.2 Å². The second-order valence-electron chi connectivity index (χ2n) is 5.82. The quantitative estimate of drug-likeness (QED) is 0.227. The van der Waals surface area contributed by atoms with Crippen molar-refractivity contribution in [2.45, 2.75) is 41.0 Å². The van der Waals surface area contributed by atoms with Gasteiger partial charge in [0.15, 0.2) is 0 Å². The van der Waals surface area contributed by atoms with E-state index >= 15 is 0 Å². The van der Waals surface area contributed by atoms with E-state index in [0.717, 1.165) is 29.2 Å². The van der Waals surface area contributed by atoms with Gasteiger partial charge < -0.3 is 15.4 Å². The maximum atomic E-state index is 5.25. The third-order valence-electron chi connectivity index (χ3n) is 3.63. The molecular formula is C21H31N3O. The SMILES string of the molecule is C=C(/C=C/N=C(N/C(C)=C/CC)c1c(C)cccc1C)NCOCC. The van der Waals surface area contributed by atoms with Gasteiger partial charge in [-0.2, -0.15) is 0 Å². The van der Waals surface area contributed by atoms with Crippen LogP contribution in [0.25, 0.3) is 0 Å². The Bertz CT molecular complexity index is 637. The molecule has 2 N–H and O–H groups in total. The molecule has 0 radical (unpaired) electrons. The van der Waals surface area contributed by atoms with Crippen LogP contribution in [0.3, 0.4) is 0 Å². The molecule has 0 bridgehead atoms. The summed E-state index contributed by atoms with van der Waals surface area (Å²) < 4.78 is 5.25. The lowest BCUT2D eigenvalue weighted by Crippen LogP contribution is -2.24. The molecule has 1 aromatic carbocycles. The van der Waals surface area contributed by atoms with Crippen molar-refractivity contribution in [3.05, 3.63) is 71.2 Å². The first-order valence-electron chi connectivity index (χ1n) is 8.74. The number of hydrogen-bond acceptors (Lipinski definition) is 3. The van der Waals surface area contributed by atoms with Gasteiger partial charge in [-0.3, -0.25) is 0 Å². The third kappa shape index (κ3) is 7.40. The average molecular weight is 341 g/mol. The van der Waals surface area contributed by atoms with E-state index in [1.807, 2.05) is 13.0 Å². The van der Waals surface area contributed by atoms with Gasteiger partial charge >= 0.3 is 0 Å². The molecule has 0 unspecified atom stereocenters. The molecule has 0 heterocycles. The van der Waals surface area contributed by atoms with Crippen molar-refractivity contribution in [1.29, 1.82) is 0 Å². The van der Waals surface area contributed by atoms with Gasteiger partial charge in [-0.15, -0.1) is 0 Å². The van der Waals surface area contributed by atoms with Gasteiger partial charge in [0.1, 0.15) is 12.6 Å². The average Bonchev–Trinajstić information content (AvgIpc) is 2.55. The second kappa shape index (κ2) is 11.3. The van der Waals surface area contributed by atoms with Gasteiger partial charge in [-0.05, 0) is 51.3 Å². The van der Waals surface area contributed by atoms with Gasteiger partial charge in [-0.25, -0.2) is 4.99 Å². The van der Waals surface area contributed by atoms with Crippen LogP contribution in [0.1, 0.15) is 43.9 Å². The number of hydrogen-bond donors (Lipinski definition) is 2. The first-order chi connectivity index (χ1) is 12.0. The molecule has 0 saturated carbocycles. The Balaban J connectivity index is 3.02. The van der Waals surface area contributed by atoms with Crippen LogP contribution in [0.2, 0.25) is 0 Å². The molecule has 1 aromatic rings. The molecule has 0 fully saturated rings. The number of amidine groups is 1. The zero-order chi connectivity index (χ0) is 18.7. The number of nitrogens with one attached hydrogen (secondary N) is 2. The summed E-state index contributed by atoms with van der Waals surface area (Å²) in [5.74, 6) is 0.839. The van der Waals surface area contributed by atoms with E-state index in [-0.39, 0.29) is 0 Å². The van der Waals surface area contributed by atoms with Gasteiger partial charge in [0.2, 0.25) is 0 Å². The predicted molar refractivity (Wildman–Crippen MR) is 108 cm³/mol. The van der Waals surface area contributed by atoms with E-state index in [1.54, 1.807) is 6.20 Å². The highest BCUT2D eigenvalue weighted by Crippen LogP contribution is 2.14. The summed E-state index contributed by atoms with van der Waals surface area (Å²) >= 11 is 0. The predicted octanol–water partition coefficient (Wildman–Crippen LogP) is 4.56. The zero-order valence-electron chi connectivity index (χ0n) is 16.1. The number of allylic oxidation sites excluding steroid dienone is 3. The zero-order valence-corrected chi connectivity index (χ0v) is 16.1. The van der Waals surface area contributed by atoms with Crippen molar-refractivity contribution in [2.24, 2.45) is 4.99 Å². The second-order valence-corrected chi connectivity index (χ2v) is 5.82. The lowest BCUT2D eigenvalue weighted by atomic mass is 10.0. The summed E-state index contributed by atoms with van der Waals surface area (Å²) in [5.41, 5.74) is 5.36.